The van der Waals surface area contributed by atoms with Crippen LogP contribution in [0.5, 0.6) is 0 Å². The summed E-state index contributed by atoms with van der Waals surface area (Å²) in [6, 6.07) is 7.68. The fourth-order valence-corrected chi connectivity index (χ4v) is 3.93. The van der Waals surface area contributed by atoms with E-state index in [1.807, 2.05) is 0 Å². The van der Waals surface area contributed by atoms with Gasteiger partial charge in [0.1, 0.15) is 0 Å². The number of carboxylic acids is 2. The number of hydrogen-bond donors (Lipinski definition) is 2. The van der Waals surface area contributed by atoms with E-state index >= 15 is 0 Å². The minimum absolute atomic E-state index is 0.00201. The number of rotatable bonds is 4. The molecule has 0 aliphatic carbocycles. The summed E-state index contributed by atoms with van der Waals surface area (Å²) in [5.41, 5.74) is 0. The van der Waals surface area contributed by atoms with Crippen LogP contribution in [-0.4, -0.2) is 48.0 Å². The minimum Gasteiger partial charge on any atom is -0.481 e. The lowest BCUT2D eigenvalue weighted by atomic mass is 9.86. The molecule has 2 N–H and O–H groups in total. The van der Waals surface area contributed by atoms with Crippen molar-refractivity contribution < 1.29 is 28.2 Å². The number of piperidine rings is 1. The Morgan fingerprint density at radius 1 is 1.05 bits per heavy atom. The molecule has 114 valence electrons. The Bertz CT molecular complexity index is 642. The van der Waals surface area contributed by atoms with E-state index in [2.05, 4.69) is 0 Å². The zero-order valence-electron chi connectivity index (χ0n) is 11.0. The molecule has 0 radical (unpaired) electrons. The van der Waals surface area contributed by atoms with Crippen molar-refractivity contribution in [1.82, 2.24) is 4.31 Å². The van der Waals surface area contributed by atoms with Crippen LogP contribution in [-0.2, 0) is 19.6 Å². The Balaban J connectivity index is 2.27. The van der Waals surface area contributed by atoms with Crippen LogP contribution >= 0.6 is 0 Å². The van der Waals surface area contributed by atoms with Crippen molar-refractivity contribution in [3.05, 3.63) is 30.3 Å². The molecule has 1 aromatic carbocycles. The maximum Gasteiger partial charge on any atom is 0.308 e. The first-order valence-electron chi connectivity index (χ1n) is 6.35. The first kappa shape index (κ1) is 15.5. The summed E-state index contributed by atoms with van der Waals surface area (Å²) >= 11 is 0. The van der Waals surface area contributed by atoms with Gasteiger partial charge >= 0.3 is 11.9 Å². The Labute approximate surface area is 121 Å². The molecular weight excluding hydrogens is 298 g/mol. The summed E-state index contributed by atoms with van der Waals surface area (Å²) in [5, 5.41) is 18.2. The van der Waals surface area contributed by atoms with Gasteiger partial charge in [0.15, 0.2) is 0 Å². The first-order chi connectivity index (χ1) is 9.84. The minimum atomic E-state index is -3.80. The highest BCUT2D eigenvalue weighted by atomic mass is 32.2. The van der Waals surface area contributed by atoms with Gasteiger partial charge in [0.2, 0.25) is 10.0 Å². The third kappa shape index (κ3) is 3.06. The molecule has 0 spiro atoms. The SMILES string of the molecule is O=C(O)C1CCN(S(=O)(=O)c2ccccc2)CC1C(=O)O. The summed E-state index contributed by atoms with van der Waals surface area (Å²) in [7, 11) is -3.80. The summed E-state index contributed by atoms with van der Waals surface area (Å²) in [5.74, 6) is -4.81. The smallest absolute Gasteiger partial charge is 0.308 e. The van der Waals surface area contributed by atoms with Crippen molar-refractivity contribution in [2.45, 2.75) is 11.3 Å². The predicted octanol–water partition coefficient (Wildman–Crippen LogP) is 0.483. The van der Waals surface area contributed by atoms with Crippen LogP contribution in [0.1, 0.15) is 6.42 Å². The summed E-state index contributed by atoms with van der Waals surface area (Å²) in [6.07, 6.45) is -0.0155. The van der Waals surface area contributed by atoms with E-state index in [0.29, 0.717) is 0 Å². The lowest BCUT2D eigenvalue weighted by molar-refractivity contribution is -0.156. The van der Waals surface area contributed by atoms with Gasteiger partial charge in [-0.05, 0) is 18.6 Å². The topological polar surface area (TPSA) is 112 Å². The fourth-order valence-electron chi connectivity index (χ4n) is 2.43. The zero-order chi connectivity index (χ0) is 15.6. The molecule has 1 fully saturated rings. The second-order valence-corrected chi connectivity index (χ2v) is 6.79. The molecule has 0 bridgehead atoms. The number of carboxylic acid groups (broad SMARTS) is 2. The third-order valence-electron chi connectivity index (χ3n) is 3.59. The van der Waals surface area contributed by atoms with Gasteiger partial charge in [0, 0.05) is 13.1 Å². The Hall–Kier alpha value is -1.93. The van der Waals surface area contributed by atoms with Crippen LogP contribution in [0.15, 0.2) is 35.2 Å². The lowest BCUT2D eigenvalue weighted by Gasteiger charge is -2.33. The van der Waals surface area contributed by atoms with Crippen molar-refractivity contribution >= 4 is 22.0 Å². The van der Waals surface area contributed by atoms with Gasteiger partial charge in [-0.1, -0.05) is 18.2 Å². The largest absolute Gasteiger partial charge is 0.481 e. The lowest BCUT2D eigenvalue weighted by Crippen LogP contribution is -2.48. The molecule has 1 aliphatic heterocycles. The van der Waals surface area contributed by atoms with E-state index in [9.17, 15) is 18.0 Å². The number of benzene rings is 1. The molecule has 2 unspecified atom stereocenters. The molecule has 2 atom stereocenters. The van der Waals surface area contributed by atoms with E-state index in [0.717, 1.165) is 4.31 Å². The number of sulfonamides is 1. The normalized spacial score (nSPS) is 23.6. The summed E-state index contributed by atoms with van der Waals surface area (Å²) < 4.78 is 25.9. The third-order valence-corrected chi connectivity index (χ3v) is 5.47. The Morgan fingerprint density at radius 2 is 1.62 bits per heavy atom. The van der Waals surface area contributed by atoms with Gasteiger partial charge in [-0.25, -0.2) is 8.42 Å². The molecule has 7 nitrogen and oxygen atoms in total. The van der Waals surface area contributed by atoms with Crippen molar-refractivity contribution in [3.63, 3.8) is 0 Å². The number of nitrogens with zero attached hydrogens (tertiary/aromatic N) is 1. The second kappa shape index (κ2) is 5.82. The monoisotopic (exact) mass is 313 g/mol. The van der Waals surface area contributed by atoms with Crippen molar-refractivity contribution in [3.8, 4) is 0 Å². The molecule has 0 saturated carbocycles. The van der Waals surface area contributed by atoms with Crippen molar-refractivity contribution in [1.29, 1.82) is 0 Å². The molecule has 1 heterocycles. The van der Waals surface area contributed by atoms with E-state index < -0.39 is 33.8 Å². The van der Waals surface area contributed by atoms with Gasteiger partial charge < -0.3 is 10.2 Å². The first-order valence-corrected chi connectivity index (χ1v) is 7.79. The van der Waals surface area contributed by atoms with Gasteiger partial charge in [0.25, 0.3) is 0 Å². The van der Waals surface area contributed by atoms with Gasteiger partial charge in [0.05, 0.1) is 16.7 Å². The summed E-state index contributed by atoms with van der Waals surface area (Å²) in [4.78, 5) is 22.3. The van der Waals surface area contributed by atoms with Crippen LogP contribution in [0.2, 0.25) is 0 Å². The molecule has 1 aromatic rings. The fraction of sp³-hybridized carbons (Fsp3) is 0.385. The molecule has 8 heteroatoms. The molecule has 1 saturated heterocycles. The average Bonchev–Trinajstić information content (AvgIpc) is 2.47. The molecule has 0 aromatic heterocycles. The Morgan fingerprint density at radius 3 is 2.14 bits per heavy atom. The van der Waals surface area contributed by atoms with Crippen LogP contribution in [0.4, 0.5) is 0 Å². The van der Waals surface area contributed by atoms with Crippen molar-refractivity contribution in [2.75, 3.05) is 13.1 Å². The molecule has 2 rings (SSSR count). The second-order valence-electron chi connectivity index (χ2n) is 4.85. The predicted molar refractivity (Wildman–Crippen MR) is 72.1 cm³/mol. The van der Waals surface area contributed by atoms with Gasteiger partial charge in [-0.2, -0.15) is 4.31 Å². The van der Waals surface area contributed by atoms with E-state index in [1.54, 1.807) is 18.2 Å². The van der Waals surface area contributed by atoms with Gasteiger partial charge in [-0.3, -0.25) is 9.59 Å². The van der Waals surface area contributed by atoms with Crippen LogP contribution < -0.4 is 0 Å². The summed E-state index contributed by atoms with van der Waals surface area (Å²) in [6.45, 7) is -0.332. The number of aliphatic carboxylic acids is 2. The van der Waals surface area contributed by atoms with E-state index in [-0.39, 0.29) is 24.4 Å². The molecular formula is C13H15NO6S. The van der Waals surface area contributed by atoms with E-state index in [4.69, 9.17) is 10.2 Å². The van der Waals surface area contributed by atoms with Crippen LogP contribution in [0, 0.1) is 11.8 Å². The highest BCUT2D eigenvalue weighted by Crippen LogP contribution is 2.28. The number of hydrogen-bond acceptors (Lipinski definition) is 4. The highest BCUT2D eigenvalue weighted by molar-refractivity contribution is 7.89. The zero-order valence-corrected chi connectivity index (χ0v) is 11.9. The van der Waals surface area contributed by atoms with Crippen molar-refractivity contribution in [2.24, 2.45) is 11.8 Å². The molecule has 1 aliphatic rings. The molecule has 21 heavy (non-hydrogen) atoms. The standard InChI is InChI=1S/C13H15NO6S/c15-12(16)10-6-7-14(8-11(10)13(17)18)21(19,20)9-4-2-1-3-5-9/h1-5,10-11H,6-8H2,(H,15,16)(H,17,18). The maximum atomic E-state index is 12.4. The average molecular weight is 313 g/mol. The van der Waals surface area contributed by atoms with Gasteiger partial charge in [-0.15, -0.1) is 0 Å². The quantitative estimate of drug-likeness (QED) is 0.836. The van der Waals surface area contributed by atoms with Crippen LogP contribution in [0.3, 0.4) is 0 Å². The number of carbonyl (C=O) groups is 2. The van der Waals surface area contributed by atoms with E-state index in [1.165, 1.54) is 12.1 Å². The van der Waals surface area contributed by atoms with Crippen LogP contribution in [0.25, 0.3) is 0 Å². The maximum absolute atomic E-state index is 12.4. The Kier molecular flexibility index (Phi) is 4.29. The highest BCUT2D eigenvalue weighted by Gasteiger charge is 2.42. The molecule has 0 amide bonds.